The van der Waals surface area contributed by atoms with Gasteiger partial charge in [-0.2, -0.15) is 0 Å². The minimum atomic E-state index is -1.20. The summed E-state index contributed by atoms with van der Waals surface area (Å²) in [6, 6.07) is -4.02. The van der Waals surface area contributed by atoms with Gasteiger partial charge in [0.25, 0.3) is 0 Å². The van der Waals surface area contributed by atoms with Crippen molar-refractivity contribution in [3.05, 3.63) is 0 Å². The first-order chi connectivity index (χ1) is 15.6. The minimum absolute atomic E-state index is 0.244. The molecule has 5 atom stereocenters. The molecular weight excluding hydrogens is 432 g/mol. The highest BCUT2D eigenvalue weighted by Crippen LogP contribution is 2.20. The number of nitrogens with zero attached hydrogens (tertiary/aromatic N) is 1. The zero-order valence-corrected chi connectivity index (χ0v) is 19.4. The number of carboxylic acid groups (broad SMARTS) is 1. The number of nitrogens with one attached hydrogen (secondary N) is 2. The van der Waals surface area contributed by atoms with Crippen molar-refractivity contribution in [1.29, 1.82) is 0 Å². The summed E-state index contributed by atoms with van der Waals surface area (Å²) < 4.78 is 0. The molecule has 12 heteroatoms. The number of hydrogen-bond acceptors (Lipinski definition) is 8. The van der Waals surface area contributed by atoms with E-state index < -0.39 is 54.0 Å². The van der Waals surface area contributed by atoms with E-state index >= 15 is 0 Å². The van der Waals surface area contributed by atoms with Gasteiger partial charge in [-0.15, -0.1) is 0 Å². The zero-order valence-electron chi connectivity index (χ0n) is 19.4. The summed E-state index contributed by atoms with van der Waals surface area (Å²) in [6.07, 6.45) is 2.84. The van der Waals surface area contributed by atoms with Crippen molar-refractivity contribution < 1.29 is 29.4 Å². The van der Waals surface area contributed by atoms with E-state index in [9.17, 15) is 29.4 Å². The number of carbonyl (C=O) groups excluding carboxylic acids is 3. The van der Waals surface area contributed by atoms with Crippen LogP contribution in [0.1, 0.15) is 58.3 Å². The highest BCUT2D eigenvalue weighted by Gasteiger charge is 2.39. The van der Waals surface area contributed by atoms with Gasteiger partial charge in [-0.1, -0.05) is 0 Å². The summed E-state index contributed by atoms with van der Waals surface area (Å²) in [4.78, 5) is 51.4. The van der Waals surface area contributed by atoms with Crippen LogP contribution in [0.25, 0.3) is 0 Å². The summed E-state index contributed by atoms with van der Waals surface area (Å²) in [5, 5.41) is 24.1. The molecule has 190 valence electrons. The van der Waals surface area contributed by atoms with Gasteiger partial charge in [-0.3, -0.25) is 14.4 Å². The topological polar surface area (TPSA) is 214 Å². The molecule has 1 unspecified atom stereocenters. The minimum Gasteiger partial charge on any atom is -0.480 e. The summed E-state index contributed by atoms with van der Waals surface area (Å²) in [7, 11) is 0. The molecule has 0 bridgehead atoms. The lowest BCUT2D eigenvalue weighted by Gasteiger charge is -2.30. The second-order valence-corrected chi connectivity index (χ2v) is 8.49. The monoisotopic (exact) mass is 472 g/mol. The van der Waals surface area contributed by atoms with Gasteiger partial charge >= 0.3 is 5.97 Å². The molecule has 12 nitrogen and oxygen atoms in total. The van der Waals surface area contributed by atoms with Crippen LogP contribution in [-0.2, 0) is 19.2 Å². The Bertz CT molecular complexity index is 661. The second-order valence-electron chi connectivity index (χ2n) is 8.49. The van der Waals surface area contributed by atoms with Crippen LogP contribution in [-0.4, -0.2) is 88.7 Å². The largest absolute Gasteiger partial charge is 0.480 e. The number of likely N-dealkylation sites (tertiary alicyclic amines) is 1. The molecule has 1 fully saturated rings. The van der Waals surface area contributed by atoms with Crippen LogP contribution < -0.4 is 27.8 Å². The number of unbranched alkanes of at least 4 members (excludes halogenated alkanes) is 2. The first-order valence-corrected chi connectivity index (χ1v) is 11.6. The number of hydrogen-bond donors (Lipinski definition) is 7. The lowest BCUT2D eigenvalue weighted by Crippen LogP contribution is -2.57. The van der Waals surface area contributed by atoms with Crippen LogP contribution in [0.15, 0.2) is 0 Å². The third-order valence-electron chi connectivity index (χ3n) is 5.78. The highest BCUT2D eigenvalue weighted by molar-refractivity contribution is 5.94. The number of rotatable bonds is 15. The Morgan fingerprint density at radius 3 is 2.09 bits per heavy atom. The van der Waals surface area contributed by atoms with E-state index in [1.807, 2.05) is 0 Å². The van der Waals surface area contributed by atoms with Gasteiger partial charge in [0.2, 0.25) is 17.7 Å². The van der Waals surface area contributed by atoms with Crippen LogP contribution in [0, 0.1) is 0 Å². The molecule has 33 heavy (non-hydrogen) atoms. The molecule has 1 aliphatic rings. The van der Waals surface area contributed by atoms with Gasteiger partial charge in [0, 0.05) is 6.54 Å². The van der Waals surface area contributed by atoms with Crippen molar-refractivity contribution in [2.24, 2.45) is 17.2 Å². The Morgan fingerprint density at radius 1 is 1.00 bits per heavy atom. The Labute approximate surface area is 194 Å². The van der Waals surface area contributed by atoms with Crippen molar-refractivity contribution in [2.75, 3.05) is 19.6 Å². The van der Waals surface area contributed by atoms with Crippen molar-refractivity contribution in [3.63, 3.8) is 0 Å². The Balaban J connectivity index is 2.90. The van der Waals surface area contributed by atoms with Crippen molar-refractivity contribution in [3.8, 4) is 0 Å². The van der Waals surface area contributed by atoms with Crippen molar-refractivity contribution >= 4 is 23.7 Å². The lowest BCUT2D eigenvalue weighted by atomic mass is 10.1. The Morgan fingerprint density at radius 2 is 1.58 bits per heavy atom. The number of carbonyl (C=O) groups is 4. The second kappa shape index (κ2) is 14.8. The predicted octanol–water partition coefficient (Wildman–Crippen LogP) is -2.00. The standard InChI is InChI=1S/C21H40N6O6/c1-13(28)17(24)19(30)25-14(7-2-4-10-22)20(31)27-12-6-9-16(27)18(29)26-15(21(32)33)8-3-5-11-23/h13-17,28H,2-12,22-24H2,1H3,(H,25,30)(H,26,29)(H,32,33)/t13?,14-,15-,16-,17-/m0/s1. The smallest absolute Gasteiger partial charge is 0.326 e. The number of amides is 3. The first kappa shape index (κ1) is 28.8. The fourth-order valence-electron chi connectivity index (χ4n) is 3.76. The Kier molecular flexibility index (Phi) is 12.9. The predicted molar refractivity (Wildman–Crippen MR) is 122 cm³/mol. The average Bonchev–Trinajstić information content (AvgIpc) is 3.26. The molecule has 0 spiro atoms. The molecule has 3 amide bonds. The van der Waals surface area contributed by atoms with Gasteiger partial charge in [-0.05, 0) is 71.4 Å². The van der Waals surface area contributed by atoms with E-state index in [1.165, 1.54) is 11.8 Å². The number of nitrogens with two attached hydrogens (primary N) is 3. The molecular formula is C21H40N6O6. The summed E-state index contributed by atoms with van der Waals surface area (Å²) >= 11 is 0. The molecule has 0 aromatic carbocycles. The summed E-state index contributed by atoms with van der Waals surface area (Å²) in [6.45, 7) is 2.55. The summed E-state index contributed by atoms with van der Waals surface area (Å²) in [5.41, 5.74) is 16.7. The van der Waals surface area contributed by atoms with E-state index in [1.54, 1.807) is 0 Å². The van der Waals surface area contributed by atoms with Crippen LogP contribution >= 0.6 is 0 Å². The molecule has 1 heterocycles. The molecule has 0 saturated carbocycles. The fourth-order valence-corrected chi connectivity index (χ4v) is 3.76. The van der Waals surface area contributed by atoms with Gasteiger partial charge in [0.15, 0.2) is 0 Å². The lowest BCUT2D eigenvalue weighted by molar-refractivity contribution is -0.145. The van der Waals surface area contributed by atoms with E-state index in [4.69, 9.17) is 17.2 Å². The van der Waals surface area contributed by atoms with Crippen LogP contribution in [0.5, 0.6) is 0 Å². The quantitative estimate of drug-likeness (QED) is 0.131. The van der Waals surface area contributed by atoms with Gasteiger partial charge in [0.1, 0.15) is 24.2 Å². The molecule has 1 saturated heterocycles. The number of carboxylic acids is 1. The molecule has 0 radical (unpaired) electrons. The number of aliphatic hydroxyl groups excluding tert-OH is 1. The highest BCUT2D eigenvalue weighted by atomic mass is 16.4. The third kappa shape index (κ3) is 9.24. The summed E-state index contributed by atoms with van der Waals surface area (Å²) in [5.74, 6) is -2.78. The van der Waals surface area contributed by atoms with Gasteiger partial charge < -0.3 is 42.9 Å². The van der Waals surface area contributed by atoms with Crippen molar-refractivity contribution in [1.82, 2.24) is 15.5 Å². The maximum atomic E-state index is 13.3. The third-order valence-corrected chi connectivity index (χ3v) is 5.78. The maximum absolute atomic E-state index is 13.3. The SMILES string of the molecule is CC(O)[C@H](N)C(=O)N[C@@H](CCCCN)C(=O)N1CCC[C@H]1C(=O)N[C@@H](CCCCN)C(=O)O. The maximum Gasteiger partial charge on any atom is 0.326 e. The fraction of sp³-hybridized carbons (Fsp3) is 0.810. The van der Waals surface area contributed by atoms with Crippen LogP contribution in [0.4, 0.5) is 0 Å². The number of aliphatic hydroxyl groups is 1. The van der Waals surface area contributed by atoms with Crippen molar-refractivity contribution in [2.45, 2.75) is 88.6 Å². The van der Waals surface area contributed by atoms with E-state index in [0.717, 1.165) is 0 Å². The molecule has 10 N–H and O–H groups in total. The van der Waals surface area contributed by atoms with E-state index in [2.05, 4.69) is 10.6 Å². The van der Waals surface area contributed by atoms with Crippen LogP contribution in [0.3, 0.4) is 0 Å². The Hall–Kier alpha value is -2.28. The molecule has 0 aliphatic carbocycles. The normalized spacial score (nSPS) is 19.4. The van der Waals surface area contributed by atoms with E-state index in [-0.39, 0.29) is 6.42 Å². The first-order valence-electron chi connectivity index (χ1n) is 11.6. The molecule has 0 aromatic heterocycles. The van der Waals surface area contributed by atoms with Crippen LogP contribution in [0.2, 0.25) is 0 Å². The van der Waals surface area contributed by atoms with Gasteiger partial charge in [-0.25, -0.2) is 4.79 Å². The zero-order chi connectivity index (χ0) is 25.0. The number of aliphatic carboxylic acids is 1. The average molecular weight is 473 g/mol. The molecule has 0 aromatic rings. The molecule has 1 aliphatic heterocycles. The molecule has 1 rings (SSSR count). The van der Waals surface area contributed by atoms with E-state index in [0.29, 0.717) is 64.6 Å². The van der Waals surface area contributed by atoms with Gasteiger partial charge in [0.05, 0.1) is 6.10 Å².